The molecule has 0 radical (unpaired) electrons. The lowest BCUT2D eigenvalue weighted by Gasteiger charge is -2.30. The average molecular weight is 415 g/mol. The third kappa shape index (κ3) is 4.09. The molecule has 3 aromatic rings. The molecule has 4 rings (SSSR count). The van der Waals surface area contributed by atoms with E-state index in [0.29, 0.717) is 40.3 Å². The molecule has 2 aromatic heterocycles. The summed E-state index contributed by atoms with van der Waals surface area (Å²) in [6, 6.07) is 6.42. The number of thiophene rings is 1. The first-order valence-corrected chi connectivity index (χ1v) is 10.6. The van der Waals surface area contributed by atoms with Gasteiger partial charge in [0.15, 0.2) is 0 Å². The third-order valence-corrected chi connectivity index (χ3v) is 6.11. The van der Waals surface area contributed by atoms with Gasteiger partial charge in [-0.15, -0.1) is 11.3 Å². The summed E-state index contributed by atoms with van der Waals surface area (Å²) >= 11 is 1.34. The predicted octanol–water partition coefficient (Wildman–Crippen LogP) is 3.57. The Labute approximate surface area is 171 Å². The lowest BCUT2D eigenvalue weighted by Crippen LogP contribution is -2.37. The molecule has 1 aromatic carbocycles. The van der Waals surface area contributed by atoms with Gasteiger partial charge in [0, 0.05) is 16.5 Å². The van der Waals surface area contributed by atoms with Crippen molar-refractivity contribution in [1.29, 1.82) is 0 Å². The minimum atomic E-state index is -0.361. The zero-order valence-electron chi connectivity index (χ0n) is 16.1. The maximum atomic E-state index is 14.2. The van der Waals surface area contributed by atoms with Crippen molar-refractivity contribution < 1.29 is 13.9 Å². The number of esters is 1. The molecule has 1 aliphatic rings. The minimum Gasteiger partial charge on any atom is -0.466 e. The van der Waals surface area contributed by atoms with Gasteiger partial charge < -0.3 is 9.72 Å². The number of aromatic nitrogens is 2. The fourth-order valence-corrected chi connectivity index (χ4v) is 4.70. The number of ether oxygens (including phenoxy) is 1. The molecule has 152 valence electrons. The van der Waals surface area contributed by atoms with Crippen molar-refractivity contribution in [3.63, 3.8) is 0 Å². The highest BCUT2D eigenvalue weighted by Crippen LogP contribution is 2.32. The number of nitrogens with one attached hydrogen (secondary N) is 1. The maximum absolute atomic E-state index is 14.2. The van der Waals surface area contributed by atoms with Crippen LogP contribution in [-0.2, 0) is 16.1 Å². The van der Waals surface area contributed by atoms with Crippen molar-refractivity contribution >= 4 is 27.5 Å². The van der Waals surface area contributed by atoms with Crippen LogP contribution in [0.1, 0.15) is 25.6 Å². The number of likely N-dealkylation sites (tertiary alicyclic amines) is 1. The molecule has 0 unspecified atom stereocenters. The van der Waals surface area contributed by atoms with Gasteiger partial charge in [0.05, 0.1) is 24.5 Å². The van der Waals surface area contributed by atoms with Crippen LogP contribution >= 0.6 is 11.3 Å². The molecule has 0 saturated carbocycles. The minimum absolute atomic E-state index is 0.0543. The van der Waals surface area contributed by atoms with Crippen LogP contribution < -0.4 is 5.56 Å². The molecule has 29 heavy (non-hydrogen) atoms. The average Bonchev–Trinajstić information content (AvgIpc) is 3.13. The number of benzene rings is 1. The first kappa shape index (κ1) is 19.7. The van der Waals surface area contributed by atoms with E-state index in [1.54, 1.807) is 23.6 Å². The fraction of sp³-hybridized carbons (Fsp3) is 0.381. The monoisotopic (exact) mass is 415 g/mol. The van der Waals surface area contributed by atoms with Crippen LogP contribution in [0.3, 0.4) is 0 Å². The van der Waals surface area contributed by atoms with Gasteiger partial charge >= 0.3 is 5.97 Å². The summed E-state index contributed by atoms with van der Waals surface area (Å²) in [7, 11) is 0. The van der Waals surface area contributed by atoms with E-state index in [2.05, 4.69) is 14.9 Å². The Morgan fingerprint density at radius 1 is 1.31 bits per heavy atom. The van der Waals surface area contributed by atoms with Crippen LogP contribution in [0.4, 0.5) is 4.39 Å². The van der Waals surface area contributed by atoms with Gasteiger partial charge in [-0.05, 0) is 38.9 Å². The number of H-pyrrole nitrogens is 1. The second-order valence-corrected chi connectivity index (χ2v) is 7.98. The molecule has 1 fully saturated rings. The first-order valence-electron chi connectivity index (χ1n) is 9.71. The third-order valence-electron chi connectivity index (χ3n) is 5.24. The molecule has 1 saturated heterocycles. The van der Waals surface area contributed by atoms with Crippen molar-refractivity contribution in [3.8, 4) is 11.1 Å². The number of halogens is 1. The number of hydrogen-bond acceptors (Lipinski definition) is 6. The van der Waals surface area contributed by atoms with Crippen LogP contribution in [0.5, 0.6) is 0 Å². The Hall–Kier alpha value is -2.58. The molecule has 0 spiro atoms. The normalized spacial score (nSPS) is 15.7. The van der Waals surface area contributed by atoms with E-state index in [-0.39, 0.29) is 23.3 Å². The largest absolute Gasteiger partial charge is 0.466 e. The van der Waals surface area contributed by atoms with Crippen molar-refractivity contribution in [3.05, 3.63) is 51.6 Å². The van der Waals surface area contributed by atoms with Crippen LogP contribution in [0.15, 0.2) is 34.4 Å². The van der Waals surface area contributed by atoms with Gasteiger partial charge in [0.2, 0.25) is 0 Å². The molecule has 0 bridgehead atoms. The second-order valence-electron chi connectivity index (χ2n) is 7.12. The molecule has 0 aliphatic carbocycles. The summed E-state index contributed by atoms with van der Waals surface area (Å²) in [5, 5.41) is 2.20. The number of hydrogen-bond donors (Lipinski definition) is 1. The quantitative estimate of drug-likeness (QED) is 0.645. The van der Waals surface area contributed by atoms with Gasteiger partial charge in [0.25, 0.3) is 5.56 Å². The molecule has 0 amide bonds. The fourth-order valence-electron chi connectivity index (χ4n) is 3.74. The van der Waals surface area contributed by atoms with E-state index in [4.69, 9.17) is 4.74 Å². The Morgan fingerprint density at radius 3 is 2.79 bits per heavy atom. The summed E-state index contributed by atoms with van der Waals surface area (Å²) in [5.74, 6) is 0.0415. The first-order chi connectivity index (χ1) is 14.1. The molecule has 3 heterocycles. The molecule has 6 nitrogen and oxygen atoms in total. The standard InChI is InChI=1S/C21H22FN3O3S/c1-2-28-21(27)13-7-9-25(10-8-13)11-17-23-19(26)18-15(12-29-20(18)24-17)14-5-3-4-6-16(14)22/h3-6,12-13H,2,7-11H2,1H3,(H,23,24,26). The lowest BCUT2D eigenvalue weighted by atomic mass is 9.97. The molecule has 1 N–H and O–H groups in total. The Morgan fingerprint density at radius 2 is 2.07 bits per heavy atom. The van der Waals surface area contributed by atoms with Crippen molar-refractivity contribution in [1.82, 2.24) is 14.9 Å². The van der Waals surface area contributed by atoms with Crippen LogP contribution in [0.25, 0.3) is 21.3 Å². The Kier molecular flexibility index (Phi) is 5.73. The number of carbonyl (C=O) groups is 1. The second kappa shape index (κ2) is 8.42. The molecular formula is C21H22FN3O3S. The number of nitrogens with zero attached hydrogens (tertiary/aromatic N) is 2. The van der Waals surface area contributed by atoms with E-state index in [0.717, 1.165) is 25.9 Å². The molecule has 1 aliphatic heterocycles. The van der Waals surface area contributed by atoms with E-state index in [9.17, 15) is 14.0 Å². The zero-order valence-corrected chi connectivity index (χ0v) is 16.9. The van der Waals surface area contributed by atoms with Gasteiger partial charge in [-0.25, -0.2) is 9.37 Å². The summed E-state index contributed by atoms with van der Waals surface area (Å²) < 4.78 is 19.3. The number of fused-ring (bicyclic) bond motifs is 1. The van der Waals surface area contributed by atoms with E-state index in [1.165, 1.54) is 17.4 Å². The highest BCUT2D eigenvalue weighted by Gasteiger charge is 2.26. The van der Waals surface area contributed by atoms with Crippen LogP contribution in [-0.4, -0.2) is 40.5 Å². The number of carbonyl (C=O) groups excluding carboxylic acids is 1. The van der Waals surface area contributed by atoms with E-state index < -0.39 is 0 Å². The summed E-state index contributed by atoms with van der Waals surface area (Å²) in [6.07, 6.45) is 1.48. The SMILES string of the molecule is CCOC(=O)C1CCN(Cc2nc3scc(-c4ccccc4F)c3c(=O)[nH]2)CC1. The van der Waals surface area contributed by atoms with Gasteiger partial charge in [-0.1, -0.05) is 18.2 Å². The number of aromatic amines is 1. The highest BCUT2D eigenvalue weighted by atomic mass is 32.1. The number of rotatable bonds is 5. The summed E-state index contributed by atoms with van der Waals surface area (Å²) in [5.41, 5.74) is 0.712. The smallest absolute Gasteiger partial charge is 0.309 e. The maximum Gasteiger partial charge on any atom is 0.309 e. The summed E-state index contributed by atoms with van der Waals surface area (Å²) in [4.78, 5) is 34.8. The highest BCUT2D eigenvalue weighted by molar-refractivity contribution is 7.17. The van der Waals surface area contributed by atoms with Gasteiger partial charge in [0.1, 0.15) is 16.5 Å². The van der Waals surface area contributed by atoms with Crippen molar-refractivity contribution in [2.24, 2.45) is 5.92 Å². The molecule has 0 atom stereocenters. The summed E-state index contributed by atoms with van der Waals surface area (Å²) in [6.45, 7) is 4.22. The lowest BCUT2D eigenvalue weighted by molar-refractivity contribution is -0.149. The molecular weight excluding hydrogens is 393 g/mol. The van der Waals surface area contributed by atoms with E-state index >= 15 is 0 Å². The van der Waals surface area contributed by atoms with Crippen LogP contribution in [0, 0.1) is 11.7 Å². The molecule has 8 heteroatoms. The van der Waals surface area contributed by atoms with Crippen molar-refractivity contribution in [2.45, 2.75) is 26.3 Å². The Bertz CT molecular complexity index is 1090. The van der Waals surface area contributed by atoms with Crippen LogP contribution in [0.2, 0.25) is 0 Å². The van der Waals surface area contributed by atoms with Gasteiger partial charge in [-0.3, -0.25) is 14.5 Å². The van der Waals surface area contributed by atoms with Gasteiger partial charge in [-0.2, -0.15) is 0 Å². The zero-order chi connectivity index (χ0) is 20.4. The van der Waals surface area contributed by atoms with E-state index in [1.807, 2.05) is 6.92 Å². The predicted molar refractivity (Wildman–Crippen MR) is 110 cm³/mol. The number of piperidine rings is 1. The van der Waals surface area contributed by atoms with Crippen molar-refractivity contribution in [2.75, 3.05) is 19.7 Å². The Balaban J connectivity index is 1.52. The topological polar surface area (TPSA) is 75.3 Å².